The quantitative estimate of drug-likeness (QED) is 0.180. The molecule has 11 nitrogen and oxygen atoms in total. The standard InChI is InChI=1S/C31H37FN8O3/c1-7-28(41)34-23-18-24(26(43-6)19-25(23)40(4)16-15-39(2)3)36-31-33-14-12-22(35-31)30-29(20-8-10-21(32)11-9-20)37-27(38-30)13-17-42-5/h7-12,14,18-19H,1,13,15-17H2,2-6H3,(H,34,41)(H,37,38)(H,33,35,36). The van der Waals surface area contributed by atoms with Gasteiger partial charge in [-0.15, -0.1) is 0 Å². The molecule has 2 aromatic carbocycles. The van der Waals surface area contributed by atoms with E-state index in [1.54, 1.807) is 44.7 Å². The van der Waals surface area contributed by atoms with Crippen molar-refractivity contribution in [2.45, 2.75) is 6.42 Å². The Balaban J connectivity index is 1.72. The van der Waals surface area contributed by atoms with E-state index in [4.69, 9.17) is 19.4 Å². The number of aromatic amines is 1. The number of ether oxygens (including phenoxy) is 2. The molecule has 0 saturated heterocycles. The van der Waals surface area contributed by atoms with Crippen LogP contribution in [-0.2, 0) is 16.0 Å². The number of H-pyrrole nitrogens is 1. The summed E-state index contributed by atoms with van der Waals surface area (Å²) in [5, 5.41) is 6.13. The Bertz CT molecular complexity index is 1560. The number of likely N-dealkylation sites (N-methyl/N-ethyl adjacent to an activating group) is 2. The fourth-order valence-corrected chi connectivity index (χ4v) is 4.33. The number of halogens is 1. The van der Waals surface area contributed by atoms with Crippen LogP contribution in [0.1, 0.15) is 5.82 Å². The maximum Gasteiger partial charge on any atom is 0.247 e. The topological polar surface area (TPSA) is 121 Å². The van der Waals surface area contributed by atoms with Gasteiger partial charge in [-0.2, -0.15) is 0 Å². The van der Waals surface area contributed by atoms with Crippen molar-refractivity contribution in [3.05, 3.63) is 73.0 Å². The summed E-state index contributed by atoms with van der Waals surface area (Å²) in [7, 11) is 9.16. The summed E-state index contributed by atoms with van der Waals surface area (Å²) in [6.45, 7) is 5.60. The summed E-state index contributed by atoms with van der Waals surface area (Å²) in [5.41, 5.74) is 4.50. The Kier molecular flexibility index (Phi) is 10.4. The Labute approximate surface area is 250 Å². The van der Waals surface area contributed by atoms with Gasteiger partial charge in [-0.25, -0.2) is 19.3 Å². The van der Waals surface area contributed by atoms with Gasteiger partial charge in [0, 0.05) is 51.5 Å². The van der Waals surface area contributed by atoms with Crippen LogP contribution in [0.3, 0.4) is 0 Å². The zero-order chi connectivity index (χ0) is 30.9. The number of hydrogen-bond acceptors (Lipinski definition) is 9. The van der Waals surface area contributed by atoms with Gasteiger partial charge in [0.05, 0.1) is 47.9 Å². The van der Waals surface area contributed by atoms with Crippen LogP contribution in [-0.4, -0.2) is 85.8 Å². The summed E-state index contributed by atoms with van der Waals surface area (Å²) < 4.78 is 24.6. The molecule has 0 spiro atoms. The van der Waals surface area contributed by atoms with Gasteiger partial charge in [0.2, 0.25) is 11.9 Å². The van der Waals surface area contributed by atoms with Crippen molar-refractivity contribution in [3.63, 3.8) is 0 Å². The number of imidazole rings is 1. The van der Waals surface area contributed by atoms with Gasteiger partial charge < -0.3 is 34.9 Å². The molecule has 0 atom stereocenters. The molecule has 4 aromatic rings. The van der Waals surface area contributed by atoms with Crippen LogP contribution in [0.4, 0.5) is 27.4 Å². The molecule has 226 valence electrons. The smallest absolute Gasteiger partial charge is 0.247 e. The number of nitrogens with one attached hydrogen (secondary N) is 3. The summed E-state index contributed by atoms with van der Waals surface area (Å²) in [5.74, 6) is 0.869. The zero-order valence-electron chi connectivity index (χ0n) is 25.1. The molecule has 2 aromatic heterocycles. The Morgan fingerprint density at radius 3 is 2.51 bits per heavy atom. The Hall–Kier alpha value is -4.81. The summed E-state index contributed by atoms with van der Waals surface area (Å²) in [6.07, 6.45) is 3.41. The lowest BCUT2D eigenvalue weighted by Crippen LogP contribution is -2.29. The third-order valence-corrected chi connectivity index (χ3v) is 6.63. The van der Waals surface area contributed by atoms with Crippen LogP contribution >= 0.6 is 0 Å². The number of hydrogen-bond donors (Lipinski definition) is 3. The maximum atomic E-state index is 13.7. The van der Waals surface area contributed by atoms with Crippen LogP contribution in [0.2, 0.25) is 0 Å². The monoisotopic (exact) mass is 588 g/mol. The predicted molar refractivity (Wildman–Crippen MR) is 168 cm³/mol. The third kappa shape index (κ3) is 7.93. The number of benzene rings is 2. The Morgan fingerprint density at radius 2 is 1.84 bits per heavy atom. The van der Waals surface area contributed by atoms with Crippen molar-refractivity contribution < 1.29 is 18.7 Å². The first-order valence-corrected chi connectivity index (χ1v) is 13.7. The molecule has 0 aliphatic carbocycles. The molecule has 2 heterocycles. The van der Waals surface area contributed by atoms with Crippen LogP contribution in [0.5, 0.6) is 5.75 Å². The highest BCUT2D eigenvalue weighted by atomic mass is 19.1. The average molecular weight is 589 g/mol. The SMILES string of the molecule is C=CC(=O)Nc1cc(Nc2nccc(-c3[nH]c(CCOC)nc3-c3ccc(F)cc3)n2)c(OC)cc1N(C)CCN(C)C. The molecule has 3 N–H and O–H groups in total. The lowest BCUT2D eigenvalue weighted by atomic mass is 10.1. The first-order valence-electron chi connectivity index (χ1n) is 13.7. The largest absolute Gasteiger partial charge is 0.494 e. The minimum Gasteiger partial charge on any atom is -0.494 e. The van der Waals surface area contributed by atoms with Crippen molar-refractivity contribution in [1.82, 2.24) is 24.8 Å². The summed E-state index contributed by atoms with van der Waals surface area (Å²) in [4.78, 5) is 33.7. The van der Waals surface area contributed by atoms with Crippen LogP contribution in [0.25, 0.3) is 22.6 Å². The average Bonchev–Trinajstić information content (AvgIpc) is 3.43. The molecular formula is C31H37FN8O3. The third-order valence-electron chi connectivity index (χ3n) is 6.63. The summed E-state index contributed by atoms with van der Waals surface area (Å²) >= 11 is 0. The molecule has 0 unspecified atom stereocenters. The van der Waals surface area contributed by atoms with Gasteiger partial charge in [0.1, 0.15) is 17.4 Å². The van der Waals surface area contributed by atoms with E-state index in [1.807, 2.05) is 32.1 Å². The highest BCUT2D eigenvalue weighted by Crippen LogP contribution is 2.38. The second-order valence-electron chi connectivity index (χ2n) is 10.0. The van der Waals surface area contributed by atoms with Crippen molar-refractivity contribution >= 4 is 28.9 Å². The van der Waals surface area contributed by atoms with E-state index in [0.29, 0.717) is 59.0 Å². The lowest BCUT2D eigenvalue weighted by Gasteiger charge is -2.26. The van der Waals surface area contributed by atoms with Gasteiger partial charge in [0.25, 0.3) is 0 Å². The number of carbonyl (C=O) groups excluding carboxylic acids is 1. The van der Waals surface area contributed by atoms with Crippen molar-refractivity contribution in [1.29, 1.82) is 0 Å². The van der Waals surface area contributed by atoms with E-state index in [9.17, 15) is 9.18 Å². The number of nitrogens with zero attached hydrogens (tertiary/aromatic N) is 5. The molecular weight excluding hydrogens is 551 g/mol. The minimum atomic E-state index is -0.339. The van der Waals surface area contributed by atoms with E-state index in [2.05, 4.69) is 32.1 Å². The molecule has 0 aliphatic heterocycles. The Morgan fingerprint density at radius 1 is 1.07 bits per heavy atom. The number of aromatic nitrogens is 4. The van der Waals surface area contributed by atoms with E-state index in [1.165, 1.54) is 18.2 Å². The fourth-order valence-electron chi connectivity index (χ4n) is 4.33. The molecule has 0 aliphatic rings. The van der Waals surface area contributed by atoms with E-state index in [0.717, 1.165) is 24.3 Å². The van der Waals surface area contributed by atoms with Crippen molar-refractivity contribution in [3.8, 4) is 28.4 Å². The number of anilines is 4. The molecule has 12 heteroatoms. The fraction of sp³-hybridized carbons (Fsp3) is 0.290. The zero-order valence-corrected chi connectivity index (χ0v) is 25.1. The number of rotatable bonds is 14. The molecule has 0 saturated carbocycles. The highest BCUT2D eigenvalue weighted by Gasteiger charge is 2.19. The van der Waals surface area contributed by atoms with Crippen molar-refractivity contribution in [2.75, 3.05) is 70.6 Å². The first-order chi connectivity index (χ1) is 20.7. The first kappa shape index (κ1) is 31.1. The number of amides is 1. The van der Waals surface area contributed by atoms with E-state index >= 15 is 0 Å². The van der Waals surface area contributed by atoms with Crippen LogP contribution < -0.4 is 20.3 Å². The molecule has 0 radical (unpaired) electrons. The van der Waals surface area contributed by atoms with Gasteiger partial charge in [-0.1, -0.05) is 6.58 Å². The predicted octanol–water partition coefficient (Wildman–Crippen LogP) is 4.74. The van der Waals surface area contributed by atoms with Gasteiger partial charge >= 0.3 is 0 Å². The normalized spacial score (nSPS) is 11.0. The van der Waals surface area contributed by atoms with Crippen LogP contribution in [0.15, 0.2) is 61.3 Å². The van der Waals surface area contributed by atoms with E-state index < -0.39 is 0 Å². The molecule has 43 heavy (non-hydrogen) atoms. The summed E-state index contributed by atoms with van der Waals surface area (Å²) in [6, 6.07) is 11.5. The molecule has 0 bridgehead atoms. The number of carbonyl (C=O) groups is 1. The second kappa shape index (κ2) is 14.4. The van der Waals surface area contributed by atoms with Gasteiger partial charge in [-0.05, 0) is 56.6 Å². The maximum absolute atomic E-state index is 13.7. The van der Waals surface area contributed by atoms with Crippen molar-refractivity contribution in [2.24, 2.45) is 0 Å². The second-order valence-corrected chi connectivity index (χ2v) is 10.0. The van der Waals surface area contributed by atoms with E-state index in [-0.39, 0.29) is 11.7 Å². The van der Waals surface area contributed by atoms with Crippen LogP contribution in [0, 0.1) is 5.82 Å². The highest BCUT2D eigenvalue weighted by molar-refractivity contribution is 6.02. The number of methoxy groups -OCH3 is 2. The molecule has 4 rings (SSSR count). The lowest BCUT2D eigenvalue weighted by molar-refractivity contribution is -0.111. The molecule has 1 amide bonds. The van der Waals surface area contributed by atoms with Gasteiger partial charge in [-0.3, -0.25) is 4.79 Å². The molecule has 0 fully saturated rings. The van der Waals surface area contributed by atoms with Gasteiger partial charge in [0.15, 0.2) is 0 Å². The minimum absolute atomic E-state index is 0.295.